The number of aliphatic hydroxyl groups excluding tert-OH is 1. The highest BCUT2D eigenvalue weighted by Crippen LogP contribution is 2.29. The lowest BCUT2D eigenvalue weighted by Gasteiger charge is -2.22. The summed E-state index contributed by atoms with van der Waals surface area (Å²) in [6.07, 6.45) is 7.70. The zero-order chi connectivity index (χ0) is 65.0. The highest BCUT2D eigenvalue weighted by atomic mass is 35.5. The van der Waals surface area contributed by atoms with Crippen molar-refractivity contribution in [2.24, 2.45) is 21.1 Å². The number of aryl methyl sites for hydroxylation is 2. The standard InChI is InChI=1S/C30H41ClN10O7.C13H14N2OS.C10H19NO2.C6H5Cl.CH3NO/c1-6-47-10-11-48-19-27(43)33-14-22-16-40(38-37-22)8-7-9-41-26(17-39(3)25-12-21(31)13-34-29(25)44)24(18-42)36-28(41)23(15-32-2)30(46-5)35-20-45-4;1-9(14-7-16)11-3-5-12(6-4-11)13-10(2)15-8-17-13;1-10(2,3)6-9(13)11-5-4-8(12)7-11;7-6-4-2-1-3-5-6;2-1-3/h12-13,15-16,18H,2,6-11,14,17,19-20H2,1,3-5H3,(H,33,43)(H,34,44);3-9H,1-2H3,(H,14,16);8,12H,4-7H2,1-3H3;1-5H;1H,(H2,2,3)/b23-15-,35-30+;;;;. The van der Waals surface area contributed by atoms with Gasteiger partial charge in [-0.25, -0.2) is 15.0 Å². The molecule has 25 nitrogen and oxygen atoms in total. The Morgan fingerprint density at radius 3 is 2.33 bits per heavy atom. The van der Waals surface area contributed by atoms with Crippen molar-refractivity contribution >= 4 is 89.3 Å². The molecule has 2 aromatic carbocycles. The molecule has 478 valence electrons. The van der Waals surface area contributed by atoms with Crippen molar-refractivity contribution in [3.05, 3.63) is 139 Å². The molecule has 1 fully saturated rings. The number of pyridine rings is 1. The topological polar surface area (TPSA) is 318 Å². The number of methoxy groups -OCH3 is 2. The number of aliphatic hydroxyl groups is 1. The van der Waals surface area contributed by atoms with Gasteiger partial charge >= 0.3 is 0 Å². The number of nitrogens with one attached hydrogen (secondary N) is 3. The number of ether oxygens (including phenoxy) is 4. The molecule has 6 aromatic rings. The predicted octanol–water partition coefficient (Wildman–Crippen LogP) is 7.10. The van der Waals surface area contributed by atoms with Crippen molar-refractivity contribution < 1.29 is 48.0 Å². The van der Waals surface area contributed by atoms with E-state index in [2.05, 4.69) is 91.2 Å². The quantitative estimate of drug-likeness (QED) is 0.0156. The maximum Gasteiger partial charge on any atom is 0.271 e. The number of nitrogens with zero attached hydrogens (tertiary/aromatic N) is 10. The normalized spacial score (nSPS) is 13.1. The Bertz CT molecular complexity index is 3200. The van der Waals surface area contributed by atoms with Crippen LogP contribution in [-0.4, -0.2) is 162 Å². The second-order valence-electron chi connectivity index (χ2n) is 20.4. The zero-order valence-corrected chi connectivity index (χ0v) is 53.6. The minimum absolute atomic E-state index is 0.00205. The summed E-state index contributed by atoms with van der Waals surface area (Å²) in [6, 6.07) is 19.2. The van der Waals surface area contributed by atoms with Gasteiger partial charge in [0.15, 0.2) is 6.29 Å². The number of halogens is 2. The molecular weight excluding hydrogens is 1200 g/mol. The Hall–Kier alpha value is -7.98. The molecular formula is C60H82Cl2N14O11S. The number of aliphatic imine (C=N–C) groups is 2. The summed E-state index contributed by atoms with van der Waals surface area (Å²) in [7, 11) is 4.64. The van der Waals surface area contributed by atoms with E-state index in [1.165, 1.54) is 43.1 Å². The lowest BCUT2D eigenvalue weighted by Crippen LogP contribution is -2.32. The number of amides is 4. The number of nitrogens with two attached hydrogens (primary N) is 1. The number of carbonyl (C=O) groups is 5. The summed E-state index contributed by atoms with van der Waals surface area (Å²) >= 11 is 13.3. The molecule has 2 unspecified atom stereocenters. The van der Waals surface area contributed by atoms with Crippen LogP contribution in [0.1, 0.15) is 98.9 Å². The van der Waals surface area contributed by atoms with Gasteiger partial charge in [-0.3, -0.25) is 38.4 Å². The molecule has 1 aliphatic heterocycles. The van der Waals surface area contributed by atoms with Gasteiger partial charge in [-0.2, -0.15) is 0 Å². The van der Waals surface area contributed by atoms with E-state index in [0.29, 0.717) is 92.1 Å². The molecule has 88 heavy (non-hydrogen) atoms. The summed E-state index contributed by atoms with van der Waals surface area (Å²) < 4.78 is 24.6. The molecule has 4 aromatic heterocycles. The number of hydrogen-bond acceptors (Lipinski definition) is 19. The van der Waals surface area contributed by atoms with Gasteiger partial charge in [0.1, 0.15) is 36.2 Å². The van der Waals surface area contributed by atoms with Gasteiger partial charge in [-0.05, 0) is 75.1 Å². The number of thiazole rings is 1. The first-order valence-corrected chi connectivity index (χ1v) is 29.5. The van der Waals surface area contributed by atoms with Crippen molar-refractivity contribution in [3.8, 4) is 10.4 Å². The largest absolute Gasteiger partial charge is 0.481 e. The van der Waals surface area contributed by atoms with E-state index in [1.54, 1.807) is 39.1 Å². The van der Waals surface area contributed by atoms with E-state index < -0.39 is 0 Å². The molecule has 7 rings (SSSR count). The second kappa shape index (κ2) is 40.5. The summed E-state index contributed by atoms with van der Waals surface area (Å²) in [6.45, 7) is 19.2. The van der Waals surface area contributed by atoms with Gasteiger partial charge in [0, 0.05) is 70.8 Å². The van der Waals surface area contributed by atoms with Gasteiger partial charge in [0.25, 0.3) is 5.56 Å². The van der Waals surface area contributed by atoms with Crippen LogP contribution < -0.4 is 26.8 Å². The monoisotopic (exact) mass is 1280 g/mol. The highest BCUT2D eigenvalue weighted by molar-refractivity contribution is 7.13. The van der Waals surface area contributed by atoms with Crippen LogP contribution in [0.4, 0.5) is 5.69 Å². The Balaban J connectivity index is 0.000000402. The van der Waals surface area contributed by atoms with Crippen LogP contribution in [0.15, 0.2) is 99.5 Å². The third kappa shape index (κ3) is 26.6. The number of likely N-dealkylation sites (tertiary alicyclic amines) is 1. The number of β-amino-alcohol motifs (C(OH)–C–C–N with tert-alkyl or cyclic N) is 1. The molecule has 4 amide bonds. The Kier molecular flexibility index (Phi) is 34.2. The van der Waals surface area contributed by atoms with Crippen molar-refractivity contribution in [1.29, 1.82) is 0 Å². The number of primary amides is 1. The number of rotatable bonds is 26. The molecule has 28 heteroatoms. The fourth-order valence-corrected chi connectivity index (χ4v) is 9.29. The first kappa shape index (κ1) is 74.3. The lowest BCUT2D eigenvalue weighted by molar-refractivity contribution is -0.132. The summed E-state index contributed by atoms with van der Waals surface area (Å²) in [5.41, 5.74) is 10.9. The number of aldehydes is 1. The Labute approximate surface area is 527 Å². The number of anilines is 1. The van der Waals surface area contributed by atoms with E-state index in [4.69, 9.17) is 46.9 Å². The second-order valence-corrected chi connectivity index (χ2v) is 22.2. The highest BCUT2D eigenvalue weighted by Gasteiger charge is 2.28. The number of carbonyl (C=O) groups excluding carboxylic acids is 5. The summed E-state index contributed by atoms with van der Waals surface area (Å²) in [4.78, 5) is 91.9. The molecule has 2 atom stereocenters. The molecule has 0 saturated carbocycles. The molecule has 1 saturated heterocycles. The predicted molar refractivity (Wildman–Crippen MR) is 342 cm³/mol. The van der Waals surface area contributed by atoms with Crippen molar-refractivity contribution in [1.82, 2.24) is 50.0 Å². The minimum atomic E-state index is -0.349. The van der Waals surface area contributed by atoms with E-state index >= 15 is 0 Å². The van der Waals surface area contributed by atoms with E-state index in [1.807, 2.05) is 73.3 Å². The average molecular weight is 1280 g/mol. The van der Waals surface area contributed by atoms with Crippen molar-refractivity contribution in [3.63, 3.8) is 0 Å². The number of imidazole rings is 1. The molecule has 1 aliphatic rings. The fourth-order valence-electron chi connectivity index (χ4n) is 8.17. The van der Waals surface area contributed by atoms with Crippen LogP contribution >= 0.6 is 34.5 Å². The molecule has 0 aliphatic carbocycles. The van der Waals surface area contributed by atoms with Crippen LogP contribution in [0, 0.1) is 12.3 Å². The van der Waals surface area contributed by atoms with Gasteiger partial charge in [-0.15, -0.1) is 16.4 Å². The SMILES string of the molecule is C=N/C=C(\C(=N/COC)OC)c1nc(C=O)c(CN(C)c2cc(Cl)c[nH]c2=O)n1CCCn1cc(CNC(=O)COCCOCC)nn1.CC(C)(C)CC(=O)N1CCC(O)C1.Cc1ncsc1-c1ccc(C(C)NC=O)cc1.Clc1ccccc1.NC=O. The average Bonchev–Trinajstić information content (AvgIpc) is 3.86. The number of hydrogen-bond donors (Lipinski definition) is 5. The van der Waals surface area contributed by atoms with Gasteiger partial charge in [-0.1, -0.05) is 91.7 Å². The zero-order valence-electron chi connectivity index (χ0n) is 51.3. The van der Waals surface area contributed by atoms with Gasteiger partial charge in [0.05, 0.1) is 84.1 Å². The number of aromatic nitrogens is 7. The molecule has 0 bridgehead atoms. The minimum Gasteiger partial charge on any atom is -0.481 e. The first-order chi connectivity index (χ1) is 42.2. The molecule has 5 heterocycles. The van der Waals surface area contributed by atoms with Crippen LogP contribution in [0.2, 0.25) is 10.0 Å². The Morgan fingerprint density at radius 1 is 1.06 bits per heavy atom. The number of benzene rings is 2. The summed E-state index contributed by atoms with van der Waals surface area (Å²) in [5.74, 6) is 0.403. The third-order valence-electron chi connectivity index (χ3n) is 12.4. The number of aromatic amines is 1. The van der Waals surface area contributed by atoms with Crippen LogP contribution in [0.5, 0.6) is 0 Å². The maximum atomic E-state index is 12.6. The van der Waals surface area contributed by atoms with Crippen LogP contribution in [0.3, 0.4) is 0 Å². The van der Waals surface area contributed by atoms with Crippen LogP contribution in [0.25, 0.3) is 16.0 Å². The molecule has 0 radical (unpaired) electrons. The molecule has 0 spiro atoms. The lowest BCUT2D eigenvalue weighted by atomic mass is 9.92. The molecule has 6 N–H and O–H groups in total. The van der Waals surface area contributed by atoms with Gasteiger partial charge in [0.2, 0.25) is 30.5 Å². The first-order valence-electron chi connectivity index (χ1n) is 27.9. The van der Waals surface area contributed by atoms with E-state index in [9.17, 15) is 29.1 Å². The summed E-state index contributed by atoms with van der Waals surface area (Å²) in [5, 5.41) is 24.2. The van der Waals surface area contributed by atoms with Gasteiger partial charge < -0.3 is 59.8 Å². The van der Waals surface area contributed by atoms with E-state index in [0.717, 1.165) is 35.7 Å². The van der Waals surface area contributed by atoms with Crippen molar-refractivity contribution in [2.45, 2.75) is 99.1 Å². The smallest absolute Gasteiger partial charge is 0.271 e. The van der Waals surface area contributed by atoms with Crippen LogP contribution in [-0.2, 0) is 64.3 Å². The van der Waals surface area contributed by atoms with E-state index in [-0.39, 0.29) is 79.4 Å². The Morgan fingerprint density at radius 2 is 1.76 bits per heavy atom. The van der Waals surface area contributed by atoms with Crippen molar-refractivity contribution in [2.75, 3.05) is 72.4 Å². The maximum absolute atomic E-state index is 12.6. The third-order valence-corrected chi connectivity index (χ3v) is 13.8. The fraction of sp³-hybridized carbons (Fsp3) is 0.433. The number of H-pyrrole nitrogens is 1.